The number of benzene rings is 2. The molecule has 0 saturated heterocycles. The van der Waals surface area contributed by atoms with Crippen LogP contribution in [0.25, 0.3) is 0 Å². The monoisotopic (exact) mass is 371 g/mol. The number of nitrogens with one attached hydrogen (secondary N) is 1. The Morgan fingerprint density at radius 2 is 1.96 bits per heavy atom. The zero-order valence-electron chi connectivity index (χ0n) is 14.5. The van der Waals surface area contributed by atoms with Crippen LogP contribution in [0.15, 0.2) is 67.0 Å². The van der Waals surface area contributed by atoms with Crippen molar-refractivity contribution < 1.29 is 18.3 Å². The highest BCUT2D eigenvalue weighted by Gasteiger charge is 2.10. The molecule has 0 aliphatic heterocycles. The minimum absolute atomic E-state index is 0.0453. The van der Waals surface area contributed by atoms with E-state index in [0.717, 1.165) is 11.4 Å². The molecule has 3 aromatic rings. The van der Waals surface area contributed by atoms with Crippen LogP contribution in [0.5, 0.6) is 5.75 Å². The first-order valence-corrected chi connectivity index (χ1v) is 8.49. The molecule has 0 spiro atoms. The van der Waals surface area contributed by atoms with Gasteiger partial charge in [-0.1, -0.05) is 36.4 Å². The number of nitrogens with zero attached hydrogens (tertiary/aromatic N) is 2. The smallest absolute Gasteiger partial charge is 0.387 e. The number of carbonyl (C=O) groups excluding carboxylic acids is 1. The van der Waals surface area contributed by atoms with Crippen LogP contribution >= 0.6 is 0 Å². The summed E-state index contributed by atoms with van der Waals surface area (Å²) >= 11 is 0. The molecule has 0 saturated carbocycles. The van der Waals surface area contributed by atoms with Gasteiger partial charge in [0.1, 0.15) is 11.6 Å². The lowest BCUT2D eigenvalue weighted by molar-refractivity contribution is -0.0498. The molecular weight excluding hydrogens is 352 g/mol. The van der Waals surface area contributed by atoms with Crippen LogP contribution in [0.1, 0.15) is 21.7 Å². The predicted octanol–water partition coefficient (Wildman–Crippen LogP) is 3.51. The van der Waals surface area contributed by atoms with Gasteiger partial charge >= 0.3 is 6.61 Å². The van der Waals surface area contributed by atoms with E-state index in [2.05, 4.69) is 15.0 Å². The van der Waals surface area contributed by atoms with E-state index in [0.29, 0.717) is 19.5 Å². The van der Waals surface area contributed by atoms with E-state index in [-0.39, 0.29) is 17.2 Å². The molecule has 1 aromatic heterocycles. The van der Waals surface area contributed by atoms with Crippen LogP contribution in [0.3, 0.4) is 0 Å². The van der Waals surface area contributed by atoms with Gasteiger partial charge in [0.15, 0.2) is 0 Å². The SMILES string of the molecule is O=C(NCCc1nccn1Cc1ccccc1)c1cccc(OC(F)F)c1. The van der Waals surface area contributed by atoms with Crippen molar-refractivity contribution in [3.63, 3.8) is 0 Å². The largest absolute Gasteiger partial charge is 0.435 e. The highest BCUT2D eigenvalue weighted by molar-refractivity contribution is 5.94. The predicted molar refractivity (Wildman–Crippen MR) is 96.9 cm³/mol. The molecule has 0 radical (unpaired) electrons. The van der Waals surface area contributed by atoms with E-state index < -0.39 is 6.61 Å². The molecule has 1 N–H and O–H groups in total. The normalized spacial score (nSPS) is 10.8. The van der Waals surface area contributed by atoms with Crippen molar-refractivity contribution in [2.75, 3.05) is 6.54 Å². The molecule has 1 amide bonds. The fraction of sp³-hybridized carbons (Fsp3) is 0.200. The van der Waals surface area contributed by atoms with E-state index in [9.17, 15) is 13.6 Å². The summed E-state index contributed by atoms with van der Waals surface area (Å²) in [5.41, 5.74) is 1.43. The molecule has 0 aliphatic carbocycles. The fourth-order valence-electron chi connectivity index (χ4n) is 2.70. The average molecular weight is 371 g/mol. The summed E-state index contributed by atoms with van der Waals surface area (Å²) in [6, 6.07) is 15.7. The van der Waals surface area contributed by atoms with E-state index in [1.165, 1.54) is 18.2 Å². The zero-order valence-corrected chi connectivity index (χ0v) is 14.5. The van der Waals surface area contributed by atoms with Crippen LogP contribution in [0.4, 0.5) is 8.78 Å². The van der Waals surface area contributed by atoms with Crippen LogP contribution in [0, 0.1) is 0 Å². The van der Waals surface area contributed by atoms with Crippen LogP contribution < -0.4 is 10.1 Å². The summed E-state index contributed by atoms with van der Waals surface area (Å²) in [4.78, 5) is 16.5. The lowest BCUT2D eigenvalue weighted by Gasteiger charge is -2.10. The van der Waals surface area contributed by atoms with Gasteiger partial charge in [0.25, 0.3) is 5.91 Å². The van der Waals surface area contributed by atoms with Crippen LogP contribution in [-0.2, 0) is 13.0 Å². The van der Waals surface area contributed by atoms with Crippen molar-refractivity contribution in [2.45, 2.75) is 19.6 Å². The number of rotatable bonds is 8. The molecule has 7 heteroatoms. The van der Waals surface area contributed by atoms with Crippen LogP contribution in [0.2, 0.25) is 0 Å². The van der Waals surface area contributed by atoms with E-state index in [4.69, 9.17) is 0 Å². The summed E-state index contributed by atoms with van der Waals surface area (Å²) in [5, 5.41) is 2.77. The molecule has 2 aromatic carbocycles. The first-order valence-electron chi connectivity index (χ1n) is 8.49. The first-order chi connectivity index (χ1) is 13.1. The third-order valence-corrected chi connectivity index (χ3v) is 3.95. The number of carbonyl (C=O) groups is 1. The maximum absolute atomic E-state index is 12.3. The van der Waals surface area contributed by atoms with Gasteiger partial charge in [-0.05, 0) is 23.8 Å². The first kappa shape index (κ1) is 18.6. The number of hydrogen-bond acceptors (Lipinski definition) is 3. The number of aromatic nitrogens is 2. The van der Waals surface area contributed by atoms with Gasteiger partial charge in [0.2, 0.25) is 0 Å². The molecule has 0 atom stereocenters. The van der Waals surface area contributed by atoms with Crippen molar-refractivity contribution in [1.29, 1.82) is 0 Å². The van der Waals surface area contributed by atoms with Gasteiger partial charge in [0, 0.05) is 37.5 Å². The molecule has 140 valence electrons. The molecule has 1 heterocycles. The molecule has 5 nitrogen and oxygen atoms in total. The Balaban J connectivity index is 1.54. The molecule has 0 bridgehead atoms. The zero-order chi connectivity index (χ0) is 19.1. The third kappa shape index (κ3) is 5.37. The standard InChI is InChI=1S/C20H19F2N3O2/c21-20(22)27-17-8-4-7-16(13-17)19(26)24-10-9-18-23-11-12-25(18)14-15-5-2-1-3-6-15/h1-8,11-13,20H,9-10,14H2,(H,24,26). The summed E-state index contributed by atoms with van der Waals surface area (Å²) in [5.74, 6) is 0.459. The second-order valence-electron chi connectivity index (χ2n) is 5.87. The Hall–Kier alpha value is -3.22. The van der Waals surface area contributed by atoms with Gasteiger partial charge in [0.05, 0.1) is 0 Å². The van der Waals surface area contributed by atoms with Crippen LogP contribution in [-0.4, -0.2) is 28.6 Å². The Labute approximate surface area is 155 Å². The van der Waals surface area contributed by atoms with E-state index in [1.807, 2.05) is 41.1 Å². The number of amides is 1. The summed E-state index contributed by atoms with van der Waals surface area (Å²) in [6.07, 6.45) is 4.18. The summed E-state index contributed by atoms with van der Waals surface area (Å²) in [6.45, 7) is -1.84. The number of halogens is 2. The summed E-state index contributed by atoms with van der Waals surface area (Å²) < 4.78 is 30.9. The number of imidazole rings is 1. The van der Waals surface area contributed by atoms with Gasteiger partial charge in [-0.25, -0.2) is 4.98 Å². The number of alkyl halides is 2. The average Bonchev–Trinajstić information content (AvgIpc) is 3.09. The fourth-order valence-corrected chi connectivity index (χ4v) is 2.70. The maximum Gasteiger partial charge on any atom is 0.387 e. The van der Waals surface area contributed by atoms with Crippen molar-refractivity contribution in [3.05, 3.63) is 83.9 Å². The molecule has 0 fully saturated rings. The second kappa shape index (κ2) is 8.93. The van der Waals surface area contributed by atoms with Gasteiger partial charge < -0.3 is 14.6 Å². The summed E-state index contributed by atoms with van der Waals surface area (Å²) in [7, 11) is 0. The quantitative estimate of drug-likeness (QED) is 0.659. The topological polar surface area (TPSA) is 56.2 Å². The molecule has 0 aliphatic rings. The second-order valence-corrected chi connectivity index (χ2v) is 5.87. The molecule has 3 rings (SSSR count). The van der Waals surface area contributed by atoms with Crippen molar-refractivity contribution >= 4 is 5.91 Å². The Morgan fingerprint density at radius 3 is 2.74 bits per heavy atom. The Bertz CT molecular complexity index is 882. The molecule has 0 unspecified atom stereocenters. The minimum Gasteiger partial charge on any atom is -0.435 e. The highest BCUT2D eigenvalue weighted by Crippen LogP contribution is 2.16. The Morgan fingerprint density at radius 1 is 1.15 bits per heavy atom. The van der Waals surface area contributed by atoms with E-state index >= 15 is 0 Å². The maximum atomic E-state index is 12.3. The lowest BCUT2D eigenvalue weighted by atomic mass is 10.2. The van der Waals surface area contributed by atoms with Gasteiger partial charge in [-0.15, -0.1) is 0 Å². The molecule has 27 heavy (non-hydrogen) atoms. The van der Waals surface area contributed by atoms with Crippen molar-refractivity contribution in [1.82, 2.24) is 14.9 Å². The van der Waals surface area contributed by atoms with Gasteiger partial charge in [-0.2, -0.15) is 8.78 Å². The van der Waals surface area contributed by atoms with Gasteiger partial charge in [-0.3, -0.25) is 4.79 Å². The lowest BCUT2D eigenvalue weighted by Crippen LogP contribution is -2.26. The van der Waals surface area contributed by atoms with Crippen molar-refractivity contribution in [2.24, 2.45) is 0 Å². The van der Waals surface area contributed by atoms with Crippen molar-refractivity contribution in [3.8, 4) is 5.75 Å². The third-order valence-electron chi connectivity index (χ3n) is 3.95. The highest BCUT2D eigenvalue weighted by atomic mass is 19.3. The Kier molecular flexibility index (Phi) is 6.14. The molecular formula is C20H19F2N3O2. The van der Waals surface area contributed by atoms with E-state index in [1.54, 1.807) is 12.3 Å². The number of ether oxygens (including phenoxy) is 1. The number of hydrogen-bond donors (Lipinski definition) is 1. The minimum atomic E-state index is -2.92.